The van der Waals surface area contributed by atoms with Crippen molar-refractivity contribution in [1.29, 1.82) is 0 Å². The van der Waals surface area contributed by atoms with Crippen LogP contribution in [0.5, 0.6) is 11.5 Å². The zero-order valence-electron chi connectivity index (χ0n) is 9.83. The summed E-state index contributed by atoms with van der Waals surface area (Å²) >= 11 is 5.96. The molecule has 0 bridgehead atoms. The van der Waals surface area contributed by atoms with Gasteiger partial charge in [-0.2, -0.15) is 0 Å². The van der Waals surface area contributed by atoms with Crippen LogP contribution < -0.4 is 14.8 Å². The molecule has 1 aromatic rings. The van der Waals surface area contributed by atoms with Crippen LogP contribution in [0, 0.1) is 5.92 Å². The fourth-order valence-electron chi connectivity index (χ4n) is 2.62. The van der Waals surface area contributed by atoms with Crippen LogP contribution in [0.1, 0.15) is 19.8 Å². The van der Waals surface area contributed by atoms with E-state index in [1.807, 2.05) is 25.1 Å². The van der Waals surface area contributed by atoms with E-state index in [1.54, 1.807) is 0 Å². The molecule has 0 amide bonds. The van der Waals surface area contributed by atoms with Gasteiger partial charge in [0.05, 0.1) is 0 Å². The standard InChI is InChI=1S/C13H16ClNO2/c1-13(9-4-6-15-7-5-9)16-11-3-2-10(14)8-12(11)17-13/h2-3,8-9,15H,4-7H2,1H3. The summed E-state index contributed by atoms with van der Waals surface area (Å²) in [7, 11) is 0. The Morgan fingerprint density at radius 2 is 1.94 bits per heavy atom. The highest BCUT2D eigenvalue weighted by molar-refractivity contribution is 6.30. The lowest BCUT2D eigenvalue weighted by Gasteiger charge is -2.34. The van der Waals surface area contributed by atoms with Crippen molar-refractivity contribution in [3.63, 3.8) is 0 Å². The highest BCUT2D eigenvalue weighted by atomic mass is 35.5. The van der Waals surface area contributed by atoms with Gasteiger partial charge in [-0.25, -0.2) is 0 Å². The number of halogens is 1. The molecule has 1 atom stereocenters. The van der Waals surface area contributed by atoms with E-state index in [-0.39, 0.29) is 0 Å². The number of nitrogens with one attached hydrogen (secondary N) is 1. The maximum atomic E-state index is 5.98. The minimum Gasteiger partial charge on any atom is -0.448 e. The van der Waals surface area contributed by atoms with Crippen LogP contribution in [0.2, 0.25) is 5.02 Å². The lowest BCUT2D eigenvalue weighted by atomic mass is 9.90. The molecule has 0 spiro atoms. The molecular formula is C13H16ClNO2. The van der Waals surface area contributed by atoms with Crippen molar-refractivity contribution in [1.82, 2.24) is 5.32 Å². The molecule has 0 saturated carbocycles. The Morgan fingerprint density at radius 3 is 2.71 bits per heavy atom. The normalized spacial score (nSPS) is 28.4. The van der Waals surface area contributed by atoms with Crippen molar-refractivity contribution in [2.24, 2.45) is 5.92 Å². The highest BCUT2D eigenvalue weighted by Crippen LogP contribution is 2.45. The third-order valence-corrected chi connectivity index (χ3v) is 3.85. The lowest BCUT2D eigenvalue weighted by molar-refractivity contribution is -0.117. The number of piperidine rings is 1. The molecular weight excluding hydrogens is 238 g/mol. The van der Waals surface area contributed by atoms with Gasteiger partial charge in [-0.1, -0.05) is 11.6 Å². The largest absolute Gasteiger partial charge is 0.448 e. The maximum absolute atomic E-state index is 5.98. The minimum atomic E-state index is -0.533. The van der Waals surface area contributed by atoms with Gasteiger partial charge in [0, 0.05) is 23.9 Å². The Kier molecular flexibility index (Phi) is 2.68. The number of hydrogen-bond donors (Lipinski definition) is 1. The number of fused-ring (bicyclic) bond motifs is 1. The van der Waals surface area contributed by atoms with Crippen molar-refractivity contribution < 1.29 is 9.47 Å². The number of benzene rings is 1. The lowest BCUT2D eigenvalue weighted by Crippen LogP contribution is -2.47. The Morgan fingerprint density at radius 1 is 1.24 bits per heavy atom. The van der Waals surface area contributed by atoms with Gasteiger partial charge in [0.1, 0.15) is 0 Å². The van der Waals surface area contributed by atoms with E-state index in [1.165, 1.54) is 0 Å². The first-order valence-corrected chi connectivity index (χ1v) is 6.43. The van der Waals surface area contributed by atoms with Crippen LogP contribution >= 0.6 is 11.6 Å². The predicted octanol–water partition coefficient (Wildman–Crippen LogP) is 2.83. The maximum Gasteiger partial charge on any atom is 0.251 e. The number of hydrogen-bond acceptors (Lipinski definition) is 3. The summed E-state index contributed by atoms with van der Waals surface area (Å²) in [6.45, 7) is 4.09. The fraction of sp³-hybridized carbons (Fsp3) is 0.538. The van der Waals surface area contributed by atoms with Gasteiger partial charge >= 0.3 is 0 Å². The quantitative estimate of drug-likeness (QED) is 0.835. The second-order valence-corrected chi connectivity index (χ2v) is 5.27. The third kappa shape index (κ3) is 1.98. The Labute approximate surface area is 106 Å². The van der Waals surface area contributed by atoms with Gasteiger partial charge < -0.3 is 14.8 Å². The molecule has 1 unspecified atom stereocenters. The minimum absolute atomic E-state index is 0.426. The fourth-order valence-corrected chi connectivity index (χ4v) is 2.78. The van der Waals surface area contributed by atoms with Gasteiger partial charge in [-0.05, 0) is 38.1 Å². The van der Waals surface area contributed by atoms with Crippen molar-refractivity contribution >= 4 is 11.6 Å². The summed E-state index contributed by atoms with van der Waals surface area (Å²) in [5, 5.41) is 4.04. The van der Waals surface area contributed by atoms with Gasteiger partial charge in [0.25, 0.3) is 5.79 Å². The Balaban J connectivity index is 1.83. The Bertz CT molecular complexity index is 431. The van der Waals surface area contributed by atoms with Gasteiger partial charge in [-0.15, -0.1) is 0 Å². The summed E-state index contributed by atoms with van der Waals surface area (Å²) in [5.41, 5.74) is 0. The first kappa shape index (κ1) is 11.2. The third-order valence-electron chi connectivity index (χ3n) is 3.61. The Hall–Kier alpha value is -0.930. The molecule has 92 valence electrons. The summed E-state index contributed by atoms with van der Waals surface area (Å²) in [4.78, 5) is 0. The summed E-state index contributed by atoms with van der Waals surface area (Å²) in [6.07, 6.45) is 2.16. The van der Waals surface area contributed by atoms with E-state index >= 15 is 0 Å². The molecule has 0 aliphatic carbocycles. The molecule has 17 heavy (non-hydrogen) atoms. The van der Waals surface area contributed by atoms with Crippen LogP contribution in [-0.4, -0.2) is 18.9 Å². The first-order chi connectivity index (χ1) is 8.17. The second kappa shape index (κ2) is 4.07. The second-order valence-electron chi connectivity index (χ2n) is 4.84. The average Bonchev–Trinajstić information content (AvgIpc) is 2.67. The van der Waals surface area contributed by atoms with E-state index in [2.05, 4.69) is 5.32 Å². The van der Waals surface area contributed by atoms with Crippen molar-refractivity contribution in [3.8, 4) is 11.5 Å². The van der Waals surface area contributed by atoms with Crippen LogP contribution in [-0.2, 0) is 0 Å². The van der Waals surface area contributed by atoms with E-state index in [9.17, 15) is 0 Å². The highest BCUT2D eigenvalue weighted by Gasteiger charge is 2.44. The molecule has 1 fully saturated rings. The predicted molar refractivity (Wildman–Crippen MR) is 66.7 cm³/mol. The zero-order valence-corrected chi connectivity index (χ0v) is 10.6. The topological polar surface area (TPSA) is 30.5 Å². The van der Waals surface area contributed by atoms with E-state index in [4.69, 9.17) is 21.1 Å². The SMILES string of the molecule is CC1(C2CCNCC2)Oc2ccc(Cl)cc2O1. The molecule has 4 heteroatoms. The summed E-state index contributed by atoms with van der Waals surface area (Å²) < 4.78 is 12.0. The number of rotatable bonds is 1. The van der Waals surface area contributed by atoms with Gasteiger partial charge in [0.15, 0.2) is 11.5 Å². The molecule has 2 aliphatic heterocycles. The van der Waals surface area contributed by atoms with Crippen LogP contribution in [0.15, 0.2) is 18.2 Å². The molecule has 0 aromatic heterocycles. The molecule has 3 rings (SSSR count). The van der Waals surface area contributed by atoms with Crippen LogP contribution in [0.3, 0.4) is 0 Å². The van der Waals surface area contributed by atoms with Crippen molar-refractivity contribution in [2.75, 3.05) is 13.1 Å². The summed E-state index contributed by atoms with van der Waals surface area (Å²) in [5.74, 6) is 1.46. The monoisotopic (exact) mass is 253 g/mol. The molecule has 1 aromatic carbocycles. The molecule has 2 aliphatic rings. The molecule has 0 radical (unpaired) electrons. The van der Waals surface area contributed by atoms with Gasteiger partial charge in [-0.3, -0.25) is 0 Å². The zero-order chi connectivity index (χ0) is 11.9. The molecule has 1 saturated heterocycles. The molecule has 2 heterocycles. The molecule has 3 nitrogen and oxygen atoms in total. The van der Waals surface area contributed by atoms with Gasteiger partial charge in [0.2, 0.25) is 0 Å². The first-order valence-electron chi connectivity index (χ1n) is 6.06. The molecule has 1 N–H and O–H groups in total. The van der Waals surface area contributed by atoms with E-state index in [0.717, 1.165) is 37.4 Å². The van der Waals surface area contributed by atoms with E-state index in [0.29, 0.717) is 10.9 Å². The summed E-state index contributed by atoms with van der Waals surface area (Å²) in [6, 6.07) is 5.53. The van der Waals surface area contributed by atoms with Crippen LogP contribution in [0.25, 0.3) is 0 Å². The van der Waals surface area contributed by atoms with Crippen LogP contribution in [0.4, 0.5) is 0 Å². The smallest absolute Gasteiger partial charge is 0.251 e. The van der Waals surface area contributed by atoms with Crippen molar-refractivity contribution in [3.05, 3.63) is 23.2 Å². The van der Waals surface area contributed by atoms with Crippen molar-refractivity contribution in [2.45, 2.75) is 25.6 Å². The van der Waals surface area contributed by atoms with E-state index < -0.39 is 5.79 Å². The number of ether oxygens (including phenoxy) is 2. The average molecular weight is 254 g/mol.